The number of hydrogen-bond donors (Lipinski definition) is 2. The predicted octanol–water partition coefficient (Wildman–Crippen LogP) is 0.807. The SMILES string of the molecule is Cn1c(C(=O)O)c([C@H](C(=O)O)N2CCN([C@@H]3CCS(=O)(=O)C3)CC2)c2ccccc21. The number of carboxylic acids is 2. The standard InChI is InChI=1S/C20H25N3O6S/c1-21-15-5-3-2-4-14(15)16(17(21)19(24)25)18(20(26)27)23-9-7-22(8-10-23)13-6-11-30(28,29)12-13/h2-5,13,18H,6-12H2,1H3,(H,24,25)(H,26,27)/t13-,18-/m1/s1. The molecule has 30 heavy (non-hydrogen) atoms. The van der Waals surface area contributed by atoms with E-state index in [2.05, 4.69) is 4.90 Å². The number of aryl methyl sites for hydroxylation is 1. The first kappa shape index (κ1) is 20.8. The molecule has 2 atom stereocenters. The van der Waals surface area contributed by atoms with Gasteiger partial charge in [0.05, 0.1) is 11.5 Å². The molecule has 0 aliphatic carbocycles. The minimum absolute atomic E-state index is 0.0204. The molecule has 1 aromatic carbocycles. The van der Waals surface area contributed by atoms with E-state index in [1.54, 1.807) is 36.2 Å². The number of rotatable bonds is 5. The van der Waals surface area contributed by atoms with Crippen molar-refractivity contribution in [2.45, 2.75) is 18.5 Å². The van der Waals surface area contributed by atoms with Crippen LogP contribution in [-0.4, -0.2) is 88.7 Å². The lowest BCUT2D eigenvalue weighted by Gasteiger charge is -2.40. The lowest BCUT2D eigenvalue weighted by atomic mass is 10.00. The Bertz CT molecular complexity index is 1100. The van der Waals surface area contributed by atoms with E-state index in [0.717, 1.165) is 0 Å². The van der Waals surface area contributed by atoms with Crippen LogP contribution in [-0.2, 0) is 21.7 Å². The number of aromatic carboxylic acids is 1. The van der Waals surface area contributed by atoms with Crippen molar-refractivity contribution < 1.29 is 28.2 Å². The molecule has 0 unspecified atom stereocenters. The van der Waals surface area contributed by atoms with Crippen molar-refractivity contribution >= 4 is 32.7 Å². The predicted molar refractivity (Wildman–Crippen MR) is 110 cm³/mol. The first-order chi connectivity index (χ1) is 14.2. The Morgan fingerprint density at radius 2 is 1.77 bits per heavy atom. The number of hydrogen-bond acceptors (Lipinski definition) is 6. The molecule has 0 spiro atoms. The third-order valence-electron chi connectivity index (χ3n) is 6.29. The van der Waals surface area contributed by atoms with E-state index >= 15 is 0 Å². The molecule has 2 saturated heterocycles. The van der Waals surface area contributed by atoms with Crippen LogP contribution in [0.3, 0.4) is 0 Å². The maximum absolute atomic E-state index is 12.3. The van der Waals surface area contributed by atoms with Crippen LogP contribution in [0.15, 0.2) is 24.3 Å². The summed E-state index contributed by atoms with van der Waals surface area (Å²) in [6.07, 6.45) is 0.608. The lowest BCUT2D eigenvalue weighted by Crippen LogP contribution is -2.52. The maximum Gasteiger partial charge on any atom is 0.352 e. The van der Waals surface area contributed by atoms with Gasteiger partial charge in [-0.2, -0.15) is 0 Å². The molecule has 2 N–H and O–H groups in total. The molecule has 0 saturated carbocycles. The topological polar surface area (TPSA) is 120 Å². The quantitative estimate of drug-likeness (QED) is 0.708. The molecule has 2 aliphatic heterocycles. The number of carboxylic acid groups (broad SMARTS) is 2. The summed E-state index contributed by atoms with van der Waals surface area (Å²) in [5.41, 5.74) is 0.948. The van der Waals surface area contributed by atoms with Crippen LogP contribution in [0, 0.1) is 0 Å². The van der Waals surface area contributed by atoms with E-state index in [-0.39, 0.29) is 23.2 Å². The first-order valence-corrected chi connectivity index (χ1v) is 11.7. The highest BCUT2D eigenvalue weighted by Crippen LogP contribution is 2.35. The summed E-state index contributed by atoms with van der Waals surface area (Å²) in [4.78, 5) is 28.2. The van der Waals surface area contributed by atoms with E-state index < -0.39 is 27.8 Å². The zero-order valence-electron chi connectivity index (χ0n) is 16.7. The van der Waals surface area contributed by atoms with Gasteiger partial charge in [-0.15, -0.1) is 0 Å². The fourth-order valence-corrected chi connectivity index (χ4v) is 6.61. The lowest BCUT2D eigenvalue weighted by molar-refractivity contribution is -0.144. The highest BCUT2D eigenvalue weighted by Gasteiger charge is 2.39. The molecule has 3 heterocycles. The molecule has 9 nitrogen and oxygen atoms in total. The van der Waals surface area contributed by atoms with Crippen molar-refractivity contribution in [1.82, 2.24) is 14.4 Å². The van der Waals surface area contributed by atoms with Gasteiger partial charge in [-0.3, -0.25) is 14.6 Å². The van der Waals surface area contributed by atoms with Crippen LogP contribution < -0.4 is 0 Å². The molecular formula is C20H25N3O6S. The van der Waals surface area contributed by atoms with E-state index in [0.29, 0.717) is 49.1 Å². The highest BCUT2D eigenvalue weighted by molar-refractivity contribution is 7.91. The van der Waals surface area contributed by atoms with Crippen molar-refractivity contribution in [3.8, 4) is 0 Å². The molecule has 2 aromatic rings. The van der Waals surface area contributed by atoms with Crippen molar-refractivity contribution in [2.75, 3.05) is 37.7 Å². The summed E-state index contributed by atoms with van der Waals surface area (Å²) in [7, 11) is -1.35. The van der Waals surface area contributed by atoms with Gasteiger partial charge >= 0.3 is 11.9 Å². The maximum atomic E-state index is 12.3. The number of nitrogens with zero attached hydrogens (tertiary/aromatic N) is 3. The van der Waals surface area contributed by atoms with Gasteiger partial charge < -0.3 is 14.8 Å². The number of aromatic nitrogens is 1. The Hall–Kier alpha value is -2.43. The second kappa shape index (κ2) is 7.68. The van der Waals surface area contributed by atoms with Crippen LogP contribution in [0.25, 0.3) is 10.9 Å². The minimum Gasteiger partial charge on any atom is -0.480 e. The van der Waals surface area contributed by atoms with Crippen molar-refractivity contribution in [3.63, 3.8) is 0 Å². The average Bonchev–Trinajstić information content (AvgIpc) is 3.20. The molecule has 1 aromatic heterocycles. The summed E-state index contributed by atoms with van der Waals surface area (Å²) in [6, 6.07) is 6.00. The van der Waals surface area contributed by atoms with Gasteiger partial charge in [0.25, 0.3) is 0 Å². The number of carbonyl (C=O) groups is 2. The zero-order valence-corrected chi connectivity index (χ0v) is 17.5. The van der Waals surface area contributed by atoms with Crippen LogP contribution >= 0.6 is 0 Å². The first-order valence-electron chi connectivity index (χ1n) is 9.91. The molecule has 0 bridgehead atoms. The number of fused-ring (bicyclic) bond motifs is 1. The second-order valence-corrected chi connectivity index (χ2v) is 10.2. The third kappa shape index (κ3) is 3.59. The van der Waals surface area contributed by atoms with Gasteiger partial charge in [-0.25, -0.2) is 13.2 Å². The molecule has 0 radical (unpaired) electrons. The molecule has 162 valence electrons. The van der Waals surface area contributed by atoms with Crippen molar-refractivity contribution in [2.24, 2.45) is 7.05 Å². The molecule has 4 rings (SSSR count). The van der Waals surface area contributed by atoms with E-state index in [1.807, 2.05) is 0 Å². The Morgan fingerprint density at radius 3 is 2.33 bits per heavy atom. The molecule has 0 amide bonds. The fraction of sp³-hybridized carbons (Fsp3) is 0.500. The Labute approximate surface area is 174 Å². The molecule has 2 aliphatic rings. The number of para-hydroxylation sites is 1. The highest BCUT2D eigenvalue weighted by atomic mass is 32.2. The normalized spacial score (nSPS) is 23.6. The Morgan fingerprint density at radius 1 is 1.10 bits per heavy atom. The zero-order chi connectivity index (χ0) is 21.6. The van der Waals surface area contributed by atoms with Gasteiger partial charge in [0, 0.05) is 55.7 Å². The van der Waals surface area contributed by atoms with Crippen LogP contribution in [0.2, 0.25) is 0 Å². The summed E-state index contributed by atoms with van der Waals surface area (Å²) in [5, 5.41) is 20.5. The van der Waals surface area contributed by atoms with Crippen LogP contribution in [0.5, 0.6) is 0 Å². The van der Waals surface area contributed by atoms with E-state index in [9.17, 15) is 28.2 Å². The monoisotopic (exact) mass is 435 g/mol. The molecule has 10 heteroatoms. The number of sulfone groups is 1. The largest absolute Gasteiger partial charge is 0.480 e. The molecule has 2 fully saturated rings. The fourth-order valence-electron chi connectivity index (χ4n) is 4.84. The van der Waals surface area contributed by atoms with Gasteiger partial charge in [0.1, 0.15) is 11.7 Å². The van der Waals surface area contributed by atoms with Crippen molar-refractivity contribution in [1.29, 1.82) is 0 Å². The summed E-state index contributed by atoms with van der Waals surface area (Å²) < 4.78 is 25.1. The second-order valence-electron chi connectivity index (χ2n) is 8.01. The minimum atomic E-state index is -2.99. The van der Waals surface area contributed by atoms with Gasteiger partial charge in [0.2, 0.25) is 0 Å². The number of piperazine rings is 1. The van der Waals surface area contributed by atoms with E-state index in [1.165, 1.54) is 4.57 Å². The number of aliphatic carboxylic acids is 1. The average molecular weight is 436 g/mol. The van der Waals surface area contributed by atoms with Crippen LogP contribution in [0.4, 0.5) is 0 Å². The number of benzene rings is 1. The summed E-state index contributed by atoms with van der Waals surface area (Å²) in [5.74, 6) is -1.90. The Balaban J connectivity index is 1.64. The summed E-state index contributed by atoms with van der Waals surface area (Å²) >= 11 is 0. The molecular weight excluding hydrogens is 410 g/mol. The van der Waals surface area contributed by atoms with Gasteiger partial charge in [0.15, 0.2) is 9.84 Å². The van der Waals surface area contributed by atoms with Gasteiger partial charge in [-0.05, 0) is 12.5 Å². The van der Waals surface area contributed by atoms with E-state index in [4.69, 9.17) is 0 Å². The third-order valence-corrected chi connectivity index (χ3v) is 8.05. The van der Waals surface area contributed by atoms with Gasteiger partial charge in [-0.1, -0.05) is 18.2 Å². The summed E-state index contributed by atoms with van der Waals surface area (Å²) in [6.45, 7) is 1.96. The smallest absolute Gasteiger partial charge is 0.352 e. The van der Waals surface area contributed by atoms with Crippen molar-refractivity contribution in [3.05, 3.63) is 35.5 Å². The van der Waals surface area contributed by atoms with Crippen LogP contribution in [0.1, 0.15) is 28.5 Å². The Kier molecular flexibility index (Phi) is 5.33.